The lowest BCUT2D eigenvalue weighted by Gasteiger charge is -2.31. The molecule has 3 rings (SSSR count). The summed E-state index contributed by atoms with van der Waals surface area (Å²) in [6.45, 7) is 6.24. The zero-order valence-corrected chi connectivity index (χ0v) is 18.4. The Morgan fingerprint density at radius 3 is 2.52 bits per heavy atom. The zero-order chi connectivity index (χ0) is 21.1. The van der Waals surface area contributed by atoms with Crippen molar-refractivity contribution in [1.29, 1.82) is 0 Å². The van der Waals surface area contributed by atoms with Crippen molar-refractivity contribution >= 4 is 33.4 Å². The van der Waals surface area contributed by atoms with Crippen LogP contribution in [0.15, 0.2) is 24.3 Å². The Kier molecular flexibility index (Phi) is 6.49. The molecule has 6 nitrogen and oxygen atoms in total. The fourth-order valence-corrected chi connectivity index (χ4v) is 4.92. The van der Waals surface area contributed by atoms with Crippen molar-refractivity contribution in [3.8, 4) is 0 Å². The van der Waals surface area contributed by atoms with E-state index in [1.165, 1.54) is 11.3 Å². The molecule has 1 aromatic heterocycles. The number of nitrogens with one attached hydrogen (secondary N) is 2. The Bertz CT molecular complexity index is 879. The SMILES string of the molecule is COCc1c(C(=O)NC2(CNC(=O)OC(C)(C)C)CCCC2)sc2ccccc12. The summed E-state index contributed by atoms with van der Waals surface area (Å²) in [5, 5.41) is 7.13. The molecule has 1 aromatic carbocycles. The van der Waals surface area contributed by atoms with Crippen LogP contribution in [0.4, 0.5) is 4.79 Å². The Labute approximate surface area is 176 Å². The maximum atomic E-state index is 13.2. The second-order valence-electron chi connectivity index (χ2n) is 8.64. The standard InChI is InChI=1S/C22H30N2O4S/c1-21(2,3)28-20(26)23-14-22(11-7-8-12-22)24-19(25)18-16(13-27-4)15-9-5-6-10-17(15)29-18/h5-6,9-10H,7-8,11-14H2,1-4H3,(H,23,26)(H,24,25). The highest BCUT2D eigenvalue weighted by atomic mass is 32.1. The number of amides is 2. The molecule has 2 aromatic rings. The van der Waals surface area contributed by atoms with Crippen molar-refractivity contribution in [3.05, 3.63) is 34.7 Å². The van der Waals surface area contributed by atoms with Gasteiger partial charge in [0.15, 0.2) is 0 Å². The predicted molar refractivity (Wildman–Crippen MR) is 115 cm³/mol. The van der Waals surface area contributed by atoms with Crippen molar-refractivity contribution in [2.24, 2.45) is 0 Å². The van der Waals surface area contributed by atoms with E-state index in [0.717, 1.165) is 41.3 Å². The minimum Gasteiger partial charge on any atom is -0.444 e. The number of fused-ring (bicyclic) bond motifs is 1. The van der Waals surface area contributed by atoms with Gasteiger partial charge in [-0.25, -0.2) is 4.79 Å². The molecule has 1 heterocycles. The second-order valence-corrected chi connectivity index (χ2v) is 9.69. The second kappa shape index (κ2) is 8.71. The lowest BCUT2D eigenvalue weighted by molar-refractivity contribution is 0.0505. The van der Waals surface area contributed by atoms with Crippen LogP contribution in [0.2, 0.25) is 0 Å². The van der Waals surface area contributed by atoms with Gasteiger partial charge in [-0.15, -0.1) is 11.3 Å². The molecule has 1 saturated carbocycles. The molecular weight excluding hydrogens is 388 g/mol. The third kappa shape index (κ3) is 5.28. The molecule has 0 spiro atoms. The molecular formula is C22H30N2O4S. The van der Waals surface area contributed by atoms with Gasteiger partial charge in [0.05, 0.1) is 17.0 Å². The summed E-state index contributed by atoms with van der Waals surface area (Å²) in [6.07, 6.45) is 3.25. The van der Waals surface area contributed by atoms with Crippen LogP contribution < -0.4 is 10.6 Å². The monoisotopic (exact) mass is 418 g/mol. The van der Waals surface area contributed by atoms with E-state index < -0.39 is 17.2 Å². The summed E-state index contributed by atoms with van der Waals surface area (Å²) >= 11 is 1.48. The number of benzene rings is 1. The Hall–Kier alpha value is -2.12. The number of ether oxygens (including phenoxy) is 2. The van der Waals surface area contributed by atoms with Gasteiger partial charge in [0.25, 0.3) is 5.91 Å². The van der Waals surface area contributed by atoms with Gasteiger partial charge < -0.3 is 20.1 Å². The van der Waals surface area contributed by atoms with Crippen molar-refractivity contribution < 1.29 is 19.1 Å². The van der Waals surface area contributed by atoms with E-state index in [1.807, 2.05) is 45.0 Å². The highest BCUT2D eigenvalue weighted by molar-refractivity contribution is 7.21. The Morgan fingerprint density at radius 1 is 1.17 bits per heavy atom. The maximum absolute atomic E-state index is 13.2. The number of rotatable bonds is 6. The first-order valence-corrected chi connectivity index (χ1v) is 10.8. The van der Waals surface area contributed by atoms with E-state index in [4.69, 9.17) is 9.47 Å². The number of carbonyl (C=O) groups excluding carboxylic acids is 2. The molecule has 0 unspecified atom stereocenters. The first-order valence-electron chi connectivity index (χ1n) is 10.0. The van der Waals surface area contributed by atoms with Gasteiger partial charge in [0, 0.05) is 23.9 Å². The minimum absolute atomic E-state index is 0.105. The summed E-state index contributed by atoms with van der Waals surface area (Å²) in [6, 6.07) is 7.98. The van der Waals surface area contributed by atoms with Gasteiger partial charge in [-0.05, 0) is 45.1 Å². The molecule has 158 valence electrons. The fraction of sp³-hybridized carbons (Fsp3) is 0.545. The van der Waals surface area contributed by atoms with Crippen LogP contribution in [-0.4, -0.2) is 36.8 Å². The van der Waals surface area contributed by atoms with Gasteiger partial charge in [0.1, 0.15) is 5.60 Å². The Morgan fingerprint density at radius 2 is 1.86 bits per heavy atom. The highest BCUT2D eigenvalue weighted by Gasteiger charge is 2.37. The van der Waals surface area contributed by atoms with Crippen LogP contribution in [0.5, 0.6) is 0 Å². The summed E-state index contributed by atoms with van der Waals surface area (Å²) in [5.41, 5.74) is -0.0876. The van der Waals surface area contributed by atoms with Crippen LogP contribution in [0.25, 0.3) is 10.1 Å². The predicted octanol–water partition coefficient (Wildman–Crippen LogP) is 4.62. The number of thiophene rings is 1. The molecule has 29 heavy (non-hydrogen) atoms. The van der Waals surface area contributed by atoms with E-state index in [0.29, 0.717) is 18.0 Å². The minimum atomic E-state index is -0.553. The average Bonchev–Trinajstić information content (AvgIpc) is 3.25. The van der Waals surface area contributed by atoms with Gasteiger partial charge in [-0.3, -0.25) is 4.79 Å². The fourth-order valence-electron chi connectivity index (χ4n) is 3.82. The lowest BCUT2D eigenvalue weighted by atomic mass is 9.97. The lowest BCUT2D eigenvalue weighted by Crippen LogP contribution is -2.54. The van der Waals surface area contributed by atoms with Crippen LogP contribution in [0.3, 0.4) is 0 Å². The van der Waals surface area contributed by atoms with Crippen molar-refractivity contribution in [3.63, 3.8) is 0 Å². The van der Waals surface area contributed by atoms with Crippen LogP contribution in [0, 0.1) is 0 Å². The number of methoxy groups -OCH3 is 1. The van der Waals surface area contributed by atoms with Crippen LogP contribution >= 0.6 is 11.3 Å². The van der Waals surface area contributed by atoms with Crippen LogP contribution in [0.1, 0.15) is 61.7 Å². The van der Waals surface area contributed by atoms with Crippen molar-refractivity contribution in [2.45, 2.75) is 64.2 Å². The van der Waals surface area contributed by atoms with E-state index >= 15 is 0 Å². The molecule has 0 radical (unpaired) electrons. The molecule has 0 saturated heterocycles. The normalized spacial score (nSPS) is 16.0. The average molecular weight is 419 g/mol. The molecule has 0 bridgehead atoms. The smallest absolute Gasteiger partial charge is 0.407 e. The number of alkyl carbamates (subject to hydrolysis) is 1. The van der Waals surface area contributed by atoms with Crippen LogP contribution in [-0.2, 0) is 16.1 Å². The Balaban J connectivity index is 1.77. The first-order chi connectivity index (χ1) is 13.7. The summed E-state index contributed by atoms with van der Waals surface area (Å²) in [4.78, 5) is 26.0. The van der Waals surface area contributed by atoms with Gasteiger partial charge >= 0.3 is 6.09 Å². The van der Waals surface area contributed by atoms with Crippen molar-refractivity contribution in [2.75, 3.05) is 13.7 Å². The molecule has 1 fully saturated rings. The number of carbonyl (C=O) groups is 2. The first kappa shape index (κ1) is 21.6. The maximum Gasteiger partial charge on any atom is 0.407 e. The molecule has 0 aliphatic heterocycles. The topological polar surface area (TPSA) is 76.7 Å². The van der Waals surface area contributed by atoms with Gasteiger partial charge in [-0.1, -0.05) is 31.0 Å². The van der Waals surface area contributed by atoms with E-state index in [2.05, 4.69) is 10.6 Å². The number of hydrogen-bond acceptors (Lipinski definition) is 5. The number of hydrogen-bond donors (Lipinski definition) is 2. The largest absolute Gasteiger partial charge is 0.444 e. The summed E-state index contributed by atoms with van der Waals surface area (Å²) in [7, 11) is 1.64. The summed E-state index contributed by atoms with van der Waals surface area (Å²) in [5.74, 6) is -0.105. The van der Waals surface area contributed by atoms with E-state index in [-0.39, 0.29) is 5.91 Å². The molecule has 1 aliphatic rings. The molecule has 0 atom stereocenters. The quantitative estimate of drug-likeness (QED) is 0.718. The molecule has 2 N–H and O–H groups in total. The molecule has 7 heteroatoms. The van der Waals surface area contributed by atoms with Gasteiger partial charge in [0.2, 0.25) is 0 Å². The third-order valence-electron chi connectivity index (χ3n) is 5.10. The molecule has 2 amide bonds. The highest BCUT2D eigenvalue weighted by Crippen LogP contribution is 2.34. The zero-order valence-electron chi connectivity index (χ0n) is 17.6. The van der Waals surface area contributed by atoms with E-state index in [9.17, 15) is 9.59 Å². The molecule has 1 aliphatic carbocycles. The van der Waals surface area contributed by atoms with Crippen molar-refractivity contribution in [1.82, 2.24) is 10.6 Å². The summed E-state index contributed by atoms with van der Waals surface area (Å²) < 4.78 is 11.8. The van der Waals surface area contributed by atoms with Gasteiger partial charge in [-0.2, -0.15) is 0 Å². The van der Waals surface area contributed by atoms with E-state index in [1.54, 1.807) is 7.11 Å². The third-order valence-corrected chi connectivity index (χ3v) is 6.31.